The van der Waals surface area contributed by atoms with Gasteiger partial charge in [-0.1, -0.05) is 50.6 Å². The summed E-state index contributed by atoms with van der Waals surface area (Å²) in [6, 6.07) is 11.1. The van der Waals surface area contributed by atoms with Crippen LogP contribution in [-0.2, 0) is 11.3 Å². The predicted molar refractivity (Wildman–Crippen MR) is 102 cm³/mol. The molecule has 1 heterocycles. The quantitative estimate of drug-likeness (QED) is 0.828. The maximum absolute atomic E-state index is 12.1. The number of hydrogen-bond donors (Lipinski definition) is 1. The molecule has 1 unspecified atom stereocenters. The number of likely N-dealkylation sites (N-methyl/N-ethyl adjacent to an activating group) is 1. The van der Waals surface area contributed by atoms with Crippen molar-refractivity contribution in [2.45, 2.75) is 51.7 Å². The fourth-order valence-electron chi connectivity index (χ4n) is 5.12. The van der Waals surface area contributed by atoms with Gasteiger partial charge in [-0.05, 0) is 43.2 Å². The molecule has 0 radical (unpaired) electrons. The number of carbonyl (C=O) groups is 1. The summed E-state index contributed by atoms with van der Waals surface area (Å²) in [5.41, 5.74) is 7.15. The summed E-state index contributed by atoms with van der Waals surface area (Å²) >= 11 is 0. The van der Waals surface area contributed by atoms with Crippen molar-refractivity contribution in [1.82, 2.24) is 9.80 Å². The normalized spacial score (nSPS) is 28.9. The largest absolute Gasteiger partial charge is 0.368 e. The minimum absolute atomic E-state index is 0.142. The maximum Gasteiger partial charge on any atom is 0.235 e. The van der Waals surface area contributed by atoms with E-state index in [-0.39, 0.29) is 11.9 Å². The molecule has 0 aromatic heterocycles. The van der Waals surface area contributed by atoms with Crippen LogP contribution < -0.4 is 5.73 Å². The zero-order valence-corrected chi connectivity index (χ0v) is 15.9. The lowest BCUT2D eigenvalue weighted by Crippen LogP contribution is -2.52. The third-order valence-corrected chi connectivity index (χ3v) is 6.58. The third-order valence-electron chi connectivity index (χ3n) is 6.58. The van der Waals surface area contributed by atoms with Gasteiger partial charge in [0.2, 0.25) is 5.91 Å². The monoisotopic (exact) mass is 343 g/mol. The van der Waals surface area contributed by atoms with E-state index in [1.54, 1.807) is 0 Å². The summed E-state index contributed by atoms with van der Waals surface area (Å²) in [4.78, 5) is 17.0. The first-order chi connectivity index (χ1) is 12.0. The van der Waals surface area contributed by atoms with E-state index in [0.717, 1.165) is 25.4 Å². The number of carbonyl (C=O) groups excluding carboxylic acids is 1. The molecule has 2 fully saturated rings. The van der Waals surface area contributed by atoms with E-state index in [9.17, 15) is 4.79 Å². The molecule has 0 spiro atoms. The molecule has 25 heavy (non-hydrogen) atoms. The first-order valence-corrected chi connectivity index (χ1v) is 9.78. The summed E-state index contributed by atoms with van der Waals surface area (Å²) in [6.07, 6.45) is 3.46. The summed E-state index contributed by atoms with van der Waals surface area (Å²) < 4.78 is 0. The number of primary amides is 1. The van der Waals surface area contributed by atoms with E-state index in [1.165, 1.54) is 24.9 Å². The van der Waals surface area contributed by atoms with E-state index < -0.39 is 0 Å². The molecule has 1 saturated carbocycles. The van der Waals surface area contributed by atoms with Crippen LogP contribution in [0, 0.1) is 17.8 Å². The van der Waals surface area contributed by atoms with Gasteiger partial charge in [-0.15, -0.1) is 0 Å². The maximum atomic E-state index is 12.1. The Bertz CT molecular complexity index is 576. The smallest absolute Gasteiger partial charge is 0.235 e. The molecule has 1 amide bonds. The number of amides is 1. The van der Waals surface area contributed by atoms with Crippen LogP contribution in [0.5, 0.6) is 0 Å². The topological polar surface area (TPSA) is 49.6 Å². The molecule has 2 N–H and O–H groups in total. The van der Waals surface area contributed by atoms with Crippen LogP contribution in [-0.4, -0.2) is 47.9 Å². The first-order valence-electron chi connectivity index (χ1n) is 9.78. The van der Waals surface area contributed by atoms with Gasteiger partial charge in [-0.25, -0.2) is 0 Å². The number of likely N-dealkylation sites (tertiary alicyclic amines) is 1. The van der Waals surface area contributed by atoms with Crippen LogP contribution in [0.3, 0.4) is 0 Å². The van der Waals surface area contributed by atoms with E-state index >= 15 is 0 Å². The second-order valence-corrected chi connectivity index (χ2v) is 8.15. The van der Waals surface area contributed by atoms with Crippen molar-refractivity contribution in [2.24, 2.45) is 23.5 Å². The SMILES string of the molecule is CCC(C)[C@@H](C(N)=O)N(C)[C@@H]1CC[C@H]2CN(Cc3ccccc3)C[C@H]21. The van der Waals surface area contributed by atoms with Gasteiger partial charge in [-0.2, -0.15) is 0 Å². The van der Waals surface area contributed by atoms with Gasteiger partial charge in [-0.3, -0.25) is 14.6 Å². The zero-order chi connectivity index (χ0) is 18.0. The molecule has 138 valence electrons. The number of fused-ring (bicyclic) bond motifs is 1. The molecule has 4 nitrogen and oxygen atoms in total. The van der Waals surface area contributed by atoms with Crippen molar-refractivity contribution >= 4 is 5.91 Å². The van der Waals surface area contributed by atoms with Gasteiger partial charge >= 0.3 is 0 Å². The molecule has 1 aliphatic heterocycles. The van der Waals surface area contributed by atoms with Crippen molar-refractivity contribution in [2.75, 3.05) is 20.1 Å². The Morgan fingerprint density at radius 1 is 1.28 bits per heavy atom. The summed E-state index contributed by atoms with van der Waals surface area (Å²) in [7, 11) is 2.12. The molecular formula is C21H33N3O. The van der Waals surface area contributed by atoms with Crippen LogP contribution >= 0.6 is 0 Å². The van der Waals surface area contributed by atoms with Crippen LogP contribution in [0.1, 0.15) is 38.7 Å². The minimum atomic E-state index is -0.167. The second-order valence-electron chi connectivity index (χ2n) is 8.15. The fourth-order valence-corrected chi connectivity index (χ4v) is 5.12. The second kappa shape index (κ2) is 7.88. The molecule has 4 heteroatoms. The van der Waals surface area contributed by atoms with Crippen LogP contribution in [0.15, 0.2) is 30.3 Å². The Balaban J connectivity index is 1.66. The average molecular weight is 344 g/mol. The molecule has 0 bridgehead atoms. The Labute approximate surface area is 152 Å². The Morgan fingerprint density at radius 2 is 2.00 bits per heavy atom. The lowest BCUT2D eigenvalue weighted by atomic mass is 9.92. The summed E-state index contributed by atoms with van der Waals surface area (Å²) in [5.74, 6) is 1.57. The van der Waals surface area contributed by atoms with Crippen molar-refractivity contribution in [3.8, 4) is 0 Å². The Kier molecular flexibility index (Phi) is 5.80. The number of hydrogen-bond acceptors (Lipinski definition) is 3. The molecular weight excluding hydrogens is 310 g/mol. The van der Waals surface area contributed by atoms with Crippen molar-refractivity contribution in [3.63, 3.8) is 0 Å². The number of nitrogens with two attached hydrogens (primary N) is 1. The molecule has 1 aliphatic carbocycles. The molecule has 5 atom stereocenters. The average Bonchev–Trinajstić information content (AvgIpc) is 3.15. The van der Waals surface area contributed by atoms with Gasteiger partial charge < -0.3 is 5.73 Å². The summed E-state index contributed by atoms with van der Waals surface area (Å²) in [6.45, 7) is 7.65. The van der Waals surface area contributed by atoms with Crippen LogP contribution in [0.4, 0.5) is 0 Å². The lowest BCUT2D eigenvalue weighted by molar-refractivity contribution is -0.125. The van der Waals surface area contributed by atoms with E-state index in [2.05, 4.69) is 61.0 Å². The highest BCUT2D eigenvalue weighted by Gasteiger charge is 2.46. The summed E-state index contributed by atoms with van der Waals surface area (Å²) in [5, 5.41) is 0. The Hall–Kier alpha value is -1.39. The van der Waals surface area contributed by atoms with E-state index in [0.29, 0.717) is 17.9 Å². The van der Waals surface area contributed by atoms with Crippen LogP contribution in [0.25, 0.3) is 0 Å². The first kappa shape index (κ1) is 18.4. The van der Waals surface area contributed by atoms with Gasteiger partial charge in [0.1, 0.15) is 0 Å². The minimum Gasteiger partial charge on any atom is -0.368 e. The molecule has 3 rings (SSSR count). The van der Waals surface area contributed by atoms with Crippen molar-refractivity contribution < 1.29 is 4.79 Å². The van der Waals surface area contributed by atoms with E-state index in [4.69, 9.17) is 5.73 Å². The van der Waals surface area contributed by atoms with Gasteiger partial charge in [0.15, 0.2) is 0 Å². The molecule has 1 aromatic carbocycles. The Morgan fingerprint density at radius 3 is 2.64 bits per heavy atom. The fraction of sp³-hybridized carbons (Fsp3) is 0.667. The van der Waals surface area contributed by atoms with Crippen LogP contribution in [0.2, 0.25) is 0 Å². The zero-order valence-electron chi connectivity index (χ0n) is 15.9. The van der Waals surface area contributed by atoms with Gasteiger partial charge in [0.25, 0.3) is 0 Å². The predicted octanol–water partition coefficient (Wildman–Crippen LogP) is 2.73. The lowest BCUT2D eigenvalue weighted by Gasteiger charge is -2.37. The number of benzene rings is 1. The third kappa shape index (κ3) is 3.90. The highest BCUT2D eigenvalue weighted by molar-refractivity contribution is 5.80. The molecule has 1 aromatic rings. The van der Waals surface area contributed by atoms with Crippen molar-refractivity contribution in [3.05, 3.63) is 35.9 Å². The van der Waals surface area contributed by atoms with Crippen molar-refractivity contribution in [1.29, 1.82) is 0 Å². The van der Waals surface area contributed by atoms with E-state index in [1.807, 2.05) is 0 Å². The molecule has 1 saturated heterocycles. The van der Waals surface area contributed by atoms with Gasteiger partial charge in [0.05, 0.1) is 6.04 Å². The molecule has 2 aliphatic rings. The standard InChI is InChI=1S/C21H33N3O/c1-4-15(2)20(21(22)25)23(3)19-11-10-17-13-24(14-18(17)19)12-16-8-6-5-7-9-16/h5-9,15,17-20H,4,10-14H2,1-3H3,(H2,22,25)/t15?,17-,18+,19+,20-/m0/s1. The highest BCUT2D eigenvalue weighted by Crippen LogP contribution is 2.41. The number of nitrogens with zero attached hydrogens (tertiary/aromatic N) is 2. The highest BCUT2D eigenvalue weighted by atomic mass is 16.1. The number of rotatable bonds is 7. The van der Waals surface area contributed by atoms with Gasteiger partial charge in [0, 0.05) is 25.7 Å².